The first-order valence-electron chi connectivity index (χ1n) is 5.60. The molecule has 2 aliphatic rings. The van der Waals surface area contributed by atoms with Crippen molar-refractivity contribution in [3.05, 3.63) is 23.3 Å². The van der Waals surface area contributed by atoms with Gasteiger partial charge in [0.1, 0.15) is 6.04 Å². The summed E-state index contributed by atoms with van der Waals surface area (Å²) in [6.45, 7) is 0.688. The number of hydrogen-bond acceptors (Lipinski definition) is 4. The predicted molar refractivity (Wildman–Crippen MR) is 61.6 cm³/mol. The maximum absolute atomic E-state index is 11.2. The van der Waals surface area contributed by atoms with Gasteiger partial charge in [0.05, 0.1) is 0 Å². The Morgan fingerprint density at radius 2 is 2.24 bits per heavy atom. The van der Waals surface area contributed by atoms with Crippen LogP contribution in [0.5, 0.6) is 0 Å². The molecule has 0 aromatic rings. The Balaban J connectivity index is 2.36. The third-order valence-corrected chi connectivity index (χ3v) is 3.37. The lowest BCUT2D eigenvalue weighted by Gasteiger charge is -2.36. The van der Waals surface area contributed by atoms with Crippen molar-refractivity contribution in [1.82, 2.24) is 5.32 Å². The number of nitrogens with one attached hydrogen (secondary N) is 1. The Labute approximate surface area is 100 Å². The molecule has 2 rings (SSSR count). The second-order valence-electron chi connectivity index (χ2n) is 4.23. The summed E-state index contributed by atoms with van der Waals surface area (Å²) in [5, 5.41) is 12.2. The second kappa shape index (κ2) is 4.60. The van der Waals surface area contributed by atoms with Crippen LogP contribution in [-0.4, -0.2) is 43.7 Å². The summed E-state index contributed by atoms with van der Waals surface area (Å²) in [6.07, 6.45) is 5.26. The molecule has 0 aromatic carbocycles. The number of rotatable bonds is 3. The van der Waals surface area contributed by atoms with Gasteiger partial charge < -0.3 is 19.9 Å². The van der Waals surface area contributed by atoms with Gasteiger partial charge in [0.25, 0.3) is 0 Å². The van der Waals surface area contributed by atoms with Crippen molar-refractivity contribution >= 4 is 5.97 Å². The van der Waals surface area contributed by atoms with Crippen molar-refractivity contribution in [2.24, 2.45) is 0 Å². The fourth-order valence-electron chi connectivity index (χ4n) is 2.34. The first-order valence-corrected chi connectivity index (χ1v) is 5.60. The smallest absolute Gasteiger partial charge is 0.325 e. The van der Waals surface area contributed by atoms with Crippen LogP contribution in [0.2, 0.25) is 0 Å². The molecular weight excluding hydrogens is 222 g/mol. The van der Waals surface area contributed by atoms with E-state index < -0.39 is 17.8 Å². The molecule has 0 radical (unpaired) electrons. The van der Waals surface area contributed by atoms with E-state index in [1.54, 1.807) is 20.3 Å². The summed E-state index contributed by atoms with van der Waals surface area (Å²) in [6, 6.07) is -0.667. The molecule has 0 aromatic heterocycles. The van der Waals surface area contributed by atoms with Gasteiger partial charge in [-0.1, -0.05) is 6.08 Å². The van der Waals surface area contributed by atoms with Crippen LogP contribution in [0.1, 0.15) is 12.8 Å². The van der Waals surface area contributed by atoms with Gasteiger partial charge in [0, 0.05) is 27.2 Å². The number of carboxylic acid groups (broad SMARTS) is 1. The van der Waals surface area contributed by atoms with Gasteiger partial charge in [-0.15, -0.1) is 0 Å². The standard InChI is InChI=1S/C12H17NO4/c1-16-12(17-2)5-3-8-4-6-13-10(11(14)15)9(8)7-12/h3,7,10,13H,4-6H2,1-2H3,(H,14,15). The molecule has 1 heterocycles. The fourth-order valence-corrected chi connectivity index (χ4v) is 2.34. The van der Waals surface area contributed by atoms with Crippen LogP contribution in [-0.2, 0) is 14.3 Å². The highest BCUT2D eigenvalue weighted by atomic mass is 16.7. The maximum Gasteiger partial charge on any atom is 0.325 e. The number of hydrogen-bond donors (Lipinski definition) is 2. The van der Waals surface area contributed by atoms with E-state index in [0.29, 0.717) is 13.0 Å². The summed E-state index contributed by atoms with van der Waals surface area (Å²) in [4.78, 5) is 11.2. The largest absolute Gasteiger partial charge is 0.480 e. The summed E-state index contributed by atoms with van der Waals surface area (Å²) >= 11 is 0. The zero-order chi connectivity index (χ0) is 12.5. The molecule has 1 fully saturated rings. The molecule has 17 heavy (non-hydrogen) atoms. The zero-order valence-corrected chi connectivity index (χ0v) is 10.0. The molecule has 1 unspecified atom stereocenters. The molecule has 94 valence electrons. The lowest BCUT2D eigenvalue weighted by atomic mass is 9.85. The number of fused-ring (bicyclic) bond motifs is 1. The number of aliphatic carboxylic acids is 1. The highest BCUT2D eigenvalue weighted by Gasteiger charge is 2.37. The third-order valence-electron chi connectivity index (χ3n) is 3.37. The molecule has 1 saturated heterocycles. The van der Waals surface area contributed by atoms with E-state index in [1.165, 1.54) is 0 Å². The number of ether oxygens (including phenoxy) is 2. The van der Waals surface area contributed by atoms with Crippen molar-refractivity contribution < 1.29 is 19.4 Å². The minimum atomic E-state index is -0.871. The average Bonchev–Trinajstić information content (AvgIpc) is 2.37. The quantitative estimate of drug-likeness (QED) is 0.709. The van der Waals surface area contributed by atoms with Gasteiger partial charge in [-0.05, 0) is 23.6 Å². The van der Waals surface area contributed by atoms with Crippen molar-refractivity contribution in [3.63, 3.8) is 0 Å². The Hall–Kier alpha value is -1.17. The Morgan fingerprint density at radius 1 is 1.53 bits per heavy atom. The summed E-state index contributed by atoms with van der Waals surface area (Å²) in [7, 11) is 3.12. The van der Waals surface area contributed by atoms with E-state index in [-0.39, 0.29) is 0 Å². The molecule has 1 aliphatic carbocycles. The van der Waals surface area contributed by atoms with Crippen LogP contribution >= 0.6 is 0 Å². The lowest BCUT2D eigenvalue weighted by Crippen LogP contribution is -2.46. The molecule has 0 spiro atoms. The SMILES string of the molecule is COC1(OC)C=C2C(=CC1)CCNC2C(=O)O. The van der Waals surface area contributed by atoms with Crippen LogP contribution in [0.4, 0.5) is 0 Å². The number of carbonyl (C=O) groups is 1. The van der Waals surface area contributed by atoms with E-state index >= 15 is 0 Å². The van der Waals surface area contributed by atoms with E-state index in [1.807, 2.05) is 6.08 Å². The lowest BCUT2D eigenvalue weighted by molar-refractivity contribution is -0.168. The Kier molecular flexibility index (Phi) is 3.33. The number of piperidine rings is 1. The molecule has 1 aliphatic heterocycles. The van der Waals surface area contributed by atoms with E-state index in [2.05, 4.69) is 5.32 Å². The molecule has 5 nitrogen and oxygen atoms in total. The summed E-state index contributed by atoms with van der Waals surface area (Å²) in [5.41, 5.74) is 1.85. The third kappa shape index (κ3) is 2.13. The normalized spacial score (nSPS) is 26.8. The van der Waals surface area contributed by atoms with Crippen LogP contribution in [0.15, 0.2) is 23.3 Å². The van der Waals surface area contributed by atoms with Gasteiger partial charge in [-0.3, -0.25) is 4.79 Å². The first kappa shape index (κ1) is 12.3. The highest BCUT2D eigenvalue weighted by Crippen LogP contribution is 2.34. The Bertz CT molecular complexity index is 382. The van der Waals surface area contributed by atoms with Crippen molar-refractivity contribution in [2.75, 3.05) is 20.8 Å². The zero-order valence-electron chi connectivity index (χ0n) is 10.0. The van der Waals surface area contributed by atoms with Crippen molar-refractivity contribution in [1.29, 1.82) is 0 Å². The fraction of sp³-hybridized carbons (Fsp3) is 0.583. The first-order chi connectivity index (χ1) is 8.12. The van der Waals surface area contributed by atoms with Crippen molar-refractivity contribution in [3.8, 4) is 0 Å². The monoisotopic (exact) mass is 239 g/mol. The Morgan fingerprint density at radius 3 is 2.82 bits per heavy atom. The molecule has 2 N–H and O–H groups in total. The second-order valence-corrected chi connectivity index (χ2v) is 4.23. The van der Waals surface area contributed by atoms with Crippen molar-refractivity contribution in [2.45, 2.75) is 24.7 Å². The summed E-state index contributed by atoms with van der Waals surface area (Å²) < 4.78 is 10.7. The minimum Gasteiger partial charge on any atom is -0.480 e. The predicted octanol–water partition coefficient (Wildman–Crippen LogP) is 0.678. The topological polar surface area (TPSA) is 67.8 Å². The molecular formula is C12H17NO4. The average molecular weight is 239 g/mol. The maximum atomic E-state index is 11.2. The molecule has 1 atom stereocenters. The number of methoxy groups -OCH3 is 2. The van der Waals surface area contributed by atoms with Gasteiger partial charge in [-0.25, -0.2) is 0 Å². The van der Waals surface area contributed by atoms with E-state index in [0.717, 1.165) is 17.6 Å². The molecule has 0 bridgehead atoms. The van der Waals surface area contributed by atoms with E-state index in [9.17, 15) is 9.90 Å². The molecule has 0 saturated carbocycles. The summed E-state index contributed by atoms with van der Waals surface area (Å²) in [5.74, 6) is -1.70. The van der Waals surface area contributed by atoms with Crippen LogP contribution < -0.4 is 5.32 Å². The van der Waals surface area contributed by atoms with Crippen LogP contribution in [0, 0.1) is 0 Å². The molecule has 0 amide bonds. The van der Waals surface area contributed by atoms with Gasteiger partial charge in [0.15, 0.2) is 5.79 Å². The van der Waals surface area contributed by atoms with Gasteiger partial charge in [0.2, 0.25) is 0 Å². The van der Waals surface area contributed by atoms with E-state index in [4.69, 9.17) is 9.47 Å². The van der Waals surface area contributed by atoms with Crippen LogP contribution in [0.25, 0.3) is 0 Å². The molecule has 5 heteroatoms. The highest BCUT2D eigenvalue weighted by molar-refractivity contribution is 5.80. The van der Waals surface area contributed by atoms with Crippen LogP contribution in [0.3, 0.4) is 0 Å². The minimum absolute atomic E-state index is 0.616. The van der Waals surface area contributed by atoms with Gasteiger partial charge >= 0.3 is 5.97 Å². The number of carboxylic acids is 1. The van der Waals surface area contributed by atoms with Gasteiger partial charge in [-0.2, -0.15) is 0 Å².